The monoisotopic (exact) mass is 191 g/mol. The summed E-state index contributed by atoms with van der Waals surface area (Å²) in [4.78, 5) is 22.4. The highest BCUT2D eigenvalue weighted by Crippen LogP contribution is 2.20. The first-order valence-electron chi connectivity index (χ1n) is 4.24. The lowest BCUT2D eigenvalue weighted by molar-refractivity contribution is 0.0535. The van der Waals surface area contributed by atoms with Gasteiger partial charge in [0.05, 0.1) is 5.56 Å². The predicted molar refractivity (Wildman–Crippen MR) is 49.0 cm³/mol. The minimum absolute atomic E-state index is 0.160. The maximum atomic E-state index is 11.3. The molecule has 14 heavy (non-hydrogen) atoms. The van der Waals surface area contributed by atoms with Crippen LogP contribution in [0.15, 0.2) is 18.2 Å². The summed E-state index contributed by atoms with van der Waals surface area (Å²) >= 11 is 0. The highest BCUT2D eigenvalue weighted by Gasteiger charge is 2.21. The summed E-state index contributed by atoms with van der Waals surface area (Å²) in [5, 5.41) is 2.52. The van der Waals surface area contributed by atoms with Gasteiger partial charge in [0.2, 0.25) is 0 Å². The molecule has 1 aliphatic rings. The van der Waals surface area contributed by atoms with Crippen LogP contribution >= 0.6 is 0 Å². The van der Waals surface area contributed by atoms with Crippen molar-refractivity contribution in [3.05, 3.63) is 34.9 Å². The molecule has 1 N–H and O–H groups in total. The fourth-order valence-corrected chi connectivity index (χ4v) is 1.42. The van der Waals surface area contributed by atoms with Gasteiger partial charge < -0.3 is 10.1 Å². The number of amides is 1. The molecule has 1 aromatic carbocycles. The Morgan fingerprint density at radius 2 is 2.29 bits per heavy atom. The molecule has 0 aromatic heterocycles. The van der Waals surface area contributed by atoms with Crippen molar-refractivity contribution >= 4 is 11.9 Å². The van der Waals surface area contributed by atoms with Gasteiger partial charge in [-0.25, -0.2) is 4.79 Å². The number of cyclic esters (lactones) is 1. The molecule has 2 rings (SSSR count). The Bertz CT molecular complexity index is 412. The quantitative estimate of drug-likeness (QED) is 0.665. The van der Waals surface area contributed by atoms with Crippen LogP contribution in [0.2, 0.25) is 0 Å². The Kier molecular flexibility index (Phi) is 1.96. The fourth-order valence-electron chi connectivity index (χ4n) is 1.42. The number of fused-ring (bicyclic) bond motifs is 1. The van der Waals surface area contributed by atoms with E-state index in [0.29, 0.717) is 11.1 Å². The van der Waals surface area contributed by atoms with Crippen LogP contribution in [0.4, 0.5) is 0 Å². The first-order valence-corrected chi connectivity index (χ1v) is 4.24. The molecule has 0 radical (unpaired) electrons. The number of hydrogen-bond acceptors (Lipinski definition) is 3. The van der Waals surface area contributed by atoms with Gasteiger partial charge in [-0.05, 0) is 18.2 Å². The number of ether oxygens (including phenoxy) is 1. The molecule has 0 spiro atoms. The van der Waals surface area contributed by atoms with Gasteiger partial charge in [-0.2, -0.15) is 0 Å². The summed E-state index contributed by atoms with van der Waals surface area (Å²) in [6.45, 7) is 0.263. The lowest BCUT2D eigenvalue weighted by Crippen LogP contribution is -2.17. The average Bonchev–Trinajstić information content (AvgIpc) is 2.59. The van der Waals surface area contributed by atoms with Gasteiger partial charge in [0.25, 0.3) is 5.91 Å². The van der Waals surface area contributed by atoms with Gasteiger partial charge in [0.15, 0.2) is 0 Å². The van der Waals surface area contributed by atoms with Crippen LogP contribution in [0, 0.1) is 0 Å². The molecule has 1 aliphatic heterocycles. The largest absolute Gasteiger partial charge is 0.457 e. The minimum Gasteiger partial charge on any atom is -0.457 e. The van der Waals surface area contributed by atoms with Crippen molar-refractivity contribution < 1.29 is 14.3 Å². The molecule has 0 unspecified atom stereocenters. The van der Waals surface area contributed by atoms with Crippen molar-refractivity contribution in [2.24, 2.45) is 0 Å². The molecule has 1 aromatic rings. The number of carbonyl (C=O) groups excluding carboxylic acids is 2. The second-order valence-corrected chi connectivity index (χ2v) is 3.03. The fraction of sp³-hybridized carbons (Fsp3) is 0.200. The van der Waals surface area contributed by atoms with Crippen LogP contribution < -0.4 is 5.32 Å². The van der Waals surface area contributed by atoms with Crippen molar-refractivity contribution in [1.29, 1.82) is 0 Å². The van der Waals surface area contributed by atoms with E-state index in [0.717, 1.165) is 5.56 Å². The molecule has 1 heterocycles. The molecule has 4 nitrogen and oxygen atoms in total. The normalized spacial score (nSPS) is 13.4. The summed E-state index contributed by atoms with van der Waals surface area (Å²) in [5.74, 6) is -0.476. The Morgan fingerprint density at radius 1 is 1.50 bits per heavy atom. The zero-order valence-corrected chi connectivity index (χ0v) is 7.66. The molecule has 0 bridgehead atoms. The summed E-state index contributed by atoms with van der Waals surface area (Å²) in [5.41, 5.74) is 1.87. The van der Waals surface area contributed by atoms with E-state index in [1.807, 2.05) is 0 Å². The van der Waals surface area contributed by atoms with E-state index in [1.165, 1.54) is 0 Å². The van der Waals surface area contributed by atoms with E-state index in [4.69, 9.17) is 4.74 Å². The van der Waals surface area contributed by atoms with Crippen LogP contribution in [0.3, 0.4) is 0 Å². The molecule has 0 fully saturated rings. The molecule has 1 amide bonds. The second kappa shape index (κ2) is 3.14. The van der Waals surface area contributed by atoms with Crippen LogP contribution in [-0.4, -0.2) is 18.9 Å². The van der Waals surface area contributed by atoms with Gasteiger partial charge in [-0.1, -0.05) is 0 Å². The third kappa shape index (κ3) is 1.25. The number of benzene rings is 1. The molecule has 0 saturated carbocycles. The predicted octanol–water partition coefficient (Wildman–Crippen LogP) is 0.717. The first kappa shape index (κ1) is 8.74. The number of nitrogens with one attached hydrogen (secondary N) is 1. The van der Waals surface area contributed by atoms with Crippen molar-refractivity contribution in [3.8, 4) is 0 Å². The zero-order chi connectivity index (χ0) is 10.1. The number of carbonyl (C=O) groups is 2. The van der Waals surface area contributed by atoms with E-state index in [9.17, 15) is 9.59 Å². The van der Waals surface area contributed by atoms with Crippen molar-refractivity contribution in [1.82, 2.24) is 5.32 Å². The lowest BCUT2D eigenvalue weighted by Gasteiger charge is -2.00. The summed E-state index contributed by atoms with van der Waals surface area (Å²) in [6, 6.07) is 4.92. The Morgan fingerprint density at radius 3 is 3.00 bits per heavy atom. The van der Waals surface area contributed by atoms with Gasteiger partial charge in [-0.3, -0.25) is 4.79 Å². The summed E-state index contributed by atoms with van der Waals surface area (Å²) < 4.78 is 4.82. The lowest BCUT2D eigenvalue weighted by atomic mass is 10.1. The standard InChI is InChI=1S/C10H9NO3/c1-11-9(12)6-2-3-8-7(4-6)5-14-10(8)13/h2-4H,5H2,1H3,(H,11,12). The van der Waals surface area contributed by atoms with Crippen molar-refractivity contribution in [3.63, 3.8) is 0 Å². The number of rotatable bonds is 1. The molecular weight excluding hydrogens is 182 g/mol. The molecule has 4 heteroatoms. The van der Waals surface area contributed by atoms with Crippen LogP contribution in [-0.2, 0) is 11.3 Å². The SMILES string of the molecule is CNC(=O)c1ccc2c(c1)COC2=O. The van der Waals surface area contributed by atoms with E-state index >= 15 is 0 Å². The highest BCUT2D eigenvalue weighted by molar-refractivity contribution is 5.98. The third-order valence-corrected chi connectivity index (χ3v) is 2.17. The average molecular weight is 191 g/mol. The highest BCUT2D eigenvalue weighted by atomic mass is 16.5. The van der Waals surface area contributed by atoms with Gasteiger partial charge >= 0.3 is 5.97 Å². The maximum Gasteiger partial charge on any atom is 0.338 e. The van der Waals surface area contributed by atoms with Crippen molar-refractivity contribution in [2.45, 2.75) is 6.61 Å². The van der Waals surface area contributed by atoms with E-state index in [-0.39, 0.29) is 18.5 Å². The smallest absolute Gasteiger partial charge is 0.338 e. The van der Waals surface area contributed by atoms with Gasteiger partial charge in [0, 0.05) is 18.2 Å². The summed E-state index contributed by atoms with van der Waals surface area (Å²) in [7, 11) is 1.57. The van der Waals surface area contributed by atoms with E-state index < -0.39 is 0 Å². The third-order valence-electron chi connectivity index (χ3n) is 2.17. The Hall–Kier alpha value is -1.84. The Balaban J connectivity index is 2.42. The molecule has 0 aliphatic carbocycles. The topological polar surface area (TPSA) is 55.4 Å². The number of hydrogen-bond donors (Lipinski definition) is 1. The van der Waals surface area contributed by atoms with Crippen LogP contribution in [0.25, 0.3) is 0 Å². The van der Waals surface area contributed by atoms with Crippen LogP contribution in [0.1, 0.15) is 26.3 Å². The molecule has 72 valence electrons. The first-order chi connectivity index (χ1) is 6.72. The molecule has 0 atom stereocenters. The van der Waals surface area contributed by atoms with Gasteiger partial charge in [0.1, 0.15) is 6.61 Å². The maximum absolute atomic E-state index is 11.3. The minimum atomic E-state index is -0.316. The van der Waals surface area contributed by atoms with E-state index in [2.05, 4.69) is 5.32 Å². The van der Waals surface area contributed by atoms with Crippen LogP contribution in [0.5, 0.6) is 0 Å². The number of esters is 1. The van der Waals surface area contributed by atoms with E-state index in [1.54, 1.807) is 25.2 Å². The molecular formula is C10H9NO3. The zero-order valence-electron chi connectivity index (χ0n) is 7.66. The van der Waals surface area contributed by atoms with Crippen molar-refractivity contribution in [2.75, 3.05) is 7.05 Å². The van der Waals surface area contributed by atoms with Gasteiger partial charge in [-0.15, -0.1) is 0 Å². The second-order valence-electron chi connectivity index (χ2n) is 3.03. The Labute approximate surface area is 80.9 Å². The molecule has 0 saturated heterocycles. The summed E-state index contributed by atoms with van der Waals surface area (Å²) in [6.07, 6.45) is 0.